The number of halogens is 1. The van der Waals surface area contributed by atoms with E-state index in [4.69, 9.17) is 11.6 Å². The van der Waals surface area contributed by atoms with E-state index in [1.807, 2.05) is 36.4 Å². The fourth-order valence-corrected chi connectivity index (χ4v) is 2.47. The summed E-state index contributed by atoms with van der Waals surface area (Å²) in [5.74, 6) is 0.481. The Morgan fingerprint density at radius 2 is 1.84 bits per heavy atom. The molecule has 25 heavy (non-hydrogen) atoms. The highest BCUT2D eigenvalue weighted by molar-refractivity contribution is 6.29. The quantitative estimate of drug-likeness (QED) is 0.409. The van der Waals surface area contributed by atoms with Crippen LogP contribution in [0.1, 0.15) is 5.56 Å². The van der Waals surface area contributed by atoms with Gasteiger partial charge in [0.1, 0.15) is 11.5 Å². The van der Waals surface area contributed by atoms with Crippen molar-refractivity contribution in [1.82, 2.24) is 24.7 Å². The molecule has 0 fully saturated rings. The van der Waals surface area contributed by atoms with Crippen molar-refractivity contribution < 1.29 is 0 Å². The molecule has 0 spiro atoms. The van der Waals surface area contributed by atoms with Gasteiger partial charge >= 0.3 is 0 Å². The molecule has 0 radical (unpaired) electrons. The summed E-state index contributed by atoms with van der Waals surface area (Å²) in [5, 5.41) is 14.0. The maximum atomic E-state index is 5.77. The van der Waals surface area contributed by atoms with Crippen molar-refractivity contribution >= 4 is 28.5 Å². The Balaban J connectivity index is 1.63. The van der Waals surface area contributed by atoms with E-state index in [0.29, 0.717) is 23.2 Å². The second kappa shape index (κ2) is 6.74. The third kappa shape index (κ3) is 3.22. The summed E-state index contributed by atoms with van der Waals surface area (Å²) in [7, 11) is 0. The molecule has 3 heterocycles. The molecule has 1 aromatic carbocycles. The van der Waals surface area contributed by atoms with Crippen LogP contribution in [0, 0.1) is 0 Å². The molecular weight excluding hydrogens is 338 g/mol. The largest absolute Gasteiger partial charge is 0.244 e. The summed E-state index contributed by atoms with van der Waals surface area (Å²) in [5.41, 5.74) is 2.52. The van der Waals surface area contributed by atoms with Crippen LogP contribution in [0.3, 0.4) is 0 Å². The van der Waals surface area contributed by atoms with Gasteiger partial charge in [-0.1, -0.05) is 35.9 Å². The van der Waals surface area contributed by atoms with E-state index in [2.05, 4.69) is 30.3 Å². The third-order valence-electron chi connectivity index (χ3n) is 3.55. The van der Waals surface area contributed by atoms with Gasteiger partial charge in [-0.25, -0.2) is 19.6 Å². The molecule has 0 saturated heterocycles. The van der Waals surface area contributed by atoms with Crippen molar-refractivity contribution in [3.8, 4) is 5.69 Å². The van der Waals surface area contributed by atoms with Crippen molar-refractivity contribution in [3.05, 3.63) is 71.9 Å². The molecule has 0 amide bonds. The number of hydrogen-bond acceptors (Lipinski definition) is 6. The van der Waals surface area contributed by atoms with E-state index >= 15 is 0 Å². The van der Waals surface area contributed by atoms with Gasteiger partial charge in [-0.05, 0) is 23.8 Å². The van der Waals surface area contributed by atoms with Gasteiger partial charge in [-0.3, -0.25) is 0 Å². The maximum absolute atomic E-state index is 5.77. The van der Waals surface area contributed by atoms with Gasteiger partial charge in [0, 0.05) is 6.20 Å². The number of benzene rings is 1. The van der Waals surface area contributed by atoms with Gasteiger partial charge in [0.15, 0.2) is 11.5 Å². The minimum absolute atomic E-state index is 0.391. The molecule has 0 atom stereocenters. The molecule has 3 aromatic heterocycles. The van der Waals surface area contributed by atoms with Crippen LogP contribution in [0.5, 0.6) is 0 Å². The second-order valence-corrected chi connectivity index (χ2v) is 5.60. The van der Waals surface area contributed by atoms with Crippen molar-refractivity contribution in [2.45, 2.75) is 6.54 Å². The number of azo groups is 1. The Hall–Kier alpha value is -3.19. The van der Waals surface area contributed by atoms with Gasteiger partial charge in [0.05, 0.1) is 23.8 Å². The summed E-state index contributed by atoms with van der Waals surface area (Å²) < 4.78 is 1.75. The fraction of sp³-hybridized carbons (Fsp3) is 0.0588. The lowest BCUT2D eigenvalue weighted by Crippen LogP contribution is -1.96. The van der Waals surface area contributed by atoms with Gasteiger partial charge in [-0.15, -0.1) is 5.11 Å². The van der Waals surface area contributed by atoms with Crippen LogP contribution in [-0.2, 0) is 6.54 Å². The first-order chi connectivity index (χ1) is 12.3. The van der Waals surface area contributed by atoms with Crippen molar-refractivity contribution in [1.29, 1.82) is 0 Å². The standard InChI is InChI=1S/C17H12ClN7/c18-15-7-6-12(8-19-15)9-22-24-16-14-10-23-25(17(14)21-11-20-16)13-4-2-1-3-5-13/h1-8,10-11H,9H2. The highest BCUT2D eigenvalue weighted by Crippen LogP contribution is 2.24. The Morgan fingerprint density at radius 3 is 2.64 bits per heavy atom. The number of para-hydroxylation sites is 1. The monoisotopic (exact) mass is 349 g/mol. The van der Waals surface area contributed by atoms with Crippen LogP contribution in [-0.4, -0.2) is 24.7 Å². The van der Waals surface area contributed by atoms with Crippen molar-refractivity contribution in [2.75, 3.05) is 0 Å². The number of fused-ring (bicyclic) bond motifs is 1. The lowest BCUT2D eigenvalue weighted by molar-refractivity contribution is 0.894. The maximum Gasteiger partial charge on any atom is 0.188 e. The van der Waals surface area contributed by atoms with Crippen LogP contribution >= 0.6 is 11.6 Å². The summed E-state index contributed by atoms with van der Waals surface area (Å²) in [4.78, 5) is 12.5. The third-order valence-corrected chi connectivity index (χ3v) is 3.78. The average Bonchev–Trinajstić information content (AvgIpc) is 3.09. The van der Waals surface area contributed by atoms with E-state index in [1.54, 1.807) is 23.1 Å². The number of aromatic nitrogens is 5. The molecule has 8 heteroatoms. The number of nitrogens with zero attached hydrogens (tertiary/aromatic N) is 7. The lowest BCUT2D eigenvalue weighted by atomic mass is 10.3. The average molecular weight is 350 g/mol. The topological polar surface area (TPSA) is 81.2 Å². The van der Waals surface area contributed by atoms with Crippen molar-refractivity contribution in [2.24, 2.45) is 10.2 Å². The van der Waals surface area contributed by atoms with Crippen LogP contribution in [0.25, 0.3) is 16.7 Å². The first-order valence-electron chi connectivity index (χ1n) is 7.53. The molecular formula is C17H12ClN7. The smallest absolute Gasteiger partial charge is 0.188 e. The zero-order valence-electron chi connectivity index (χ0n) is 13.0. The highest BCUT2D eigenvalue weighted by atomic mass is 35.5. The molecule has 0 unspecified atom stereocenters. The number of hydrogen-bond donors (Lipinski definition) is 0. The molecule has 0 aliphatic rings. The molecule has 0 saturated carbocycles. The highest BCUT2D eigenvalue weighted by Gasteiger charge is 2.10. The van der Waals surface area contributed by atoms with Gasteiger partial charge in [0.25, 0.3) is 0 Å². The van der Waals surface area contributed by atoms with Crippen LogP contribution in [0.4, 0.5) is 5.82 Å². The normalized spacial score (nSPS) is 11.4. The van der Waals surface area contributed by atoms with Gasteiger partial charge in [-0.2, -0.15) is 10.2 Å². The summed E-state index contributed by atoms with van der Waals surface area (Å²) in [6.07, 6.45) is 4.83. The minimum atomic E-state index is 0.391. The Kier molecular flexibility index (Phi) is 4.14. The zero-order valence-corrected chi connectivity index (χ0v) is 13.7. The Labute approximate surface area is 148 Å². The van der Waals surface area contributed by atoms with E-state index < -0.39 is 0 Å². The summed E-state index contributed by atoms with van der Waals surface area (Å²) in [6, 6.07) is 13.4. The molecule has 122 valence electrons. The number of rotatable bonds is 4. The van der Waals surface area contributed by atoms with E-state index in [0.717, 1.165) is 16.6 Å². The zero-order chi connectivity index (χ0) is 17.1. The molecule has 0 N–H and O–H groups in total. The molecule has 0 bridgehead atoms. The first-order valence-corrected chi connectivity index (χ1v) is 7.91. The molecule has 0 aliphatic carbocycles. The first kappa shape index (κ1) is 15.3. The van der Waals surface area contributed by atoms with Gasteiger partial charge in [0.2, 0.25) is 0 Å². The Bertz CT molecular complexity index is 1030. The summed E-state index contributed by atoms with van der Waals surface area (Å²) in [6.45, 7) is 0.391. The lowest BCUT2D eigenvalue weighted by Gasteiger charge is -2.01. The van der Waals surface area contributed by atoms with E-state index in [-0.39, 0.29) is 0 Å². The van der Waals surface area contributed by atoms with E-state index in [1.165, 1.54) is 6.33 Å². The minimum Gasteiger partial charge on any atom is -0.244 e. The fourth-order valence-electron chi connectivity index (χ4n) is 2.35. The molecule has 7 nitrogen and oxygen atoms in total. The molecule has 4 aromatic rings. The van der Waals surface area contributed by atoms with Crippen LogP contribution < -0.4 is 0 Å². The van der Waals surface area contributed by atoms with Crippen LogP contribution in [0.15, 0.2) is 71.4 Å². The predicted octanol–water partition coefficient (Wildman–Crippen LogP) is 4.15. The summed E-state index contributed by atoms with van der Waals surface area (Å²) >= 11 is 5.77. The second-order valence-electron chi connectivity index (χ2n) is 5.22. The van der Waals surface area contributed by atoms with Gasteiger partial charge < -0.3 is 0 Å². The SMILES string of the molecule is Clc1ccc(CN=Nc2ncnc3c2cnn3-c2ccccc2)cn1. The van der Waals surface area contributed by atoms with E-state index in [9.17, 15) is 0 Å². The molecule has 4 rings (SSSR count). The predicted molar refractivity (Wildman–Crippen MR) is 94.1 cm³/mol. The molecule has 0 aliphatic heterocycles. The number of pyridine rings is 1. The Morgan fingerprint density at radius 1 is 0.960 bits per heavy atom. The van der Waals surface area contributed by atoms with Crippen molar-refractivity contribution in [3.63, 3.8) is 0 Å². The van der Waals surface area contributed by atoms with Crippen LogP contribution in [0.2, 0.25) is 5.15 Å².